The van der Waals surface area contributed by atoms with E-state index in [9.17, 15) is 0 Å². The summed E-state index contributed by atoms with van der Waals surface area (Å²) in [6, 6.07) is 11.9. The van der Waals surface area contributed by atoms with Crippen molar-refractivity contribution in [1.29, 1.82) is 0 Å². The van der Waals surface area contributed by atoms with Crippen molar-refractivity contribution in [1.82, 2.24) is 15.1 Å². The van der Waals surface area contributed by atoms with Gasteiger partial charge in [0.05, 0.1) is 0 Å². The van der Waals surface area contributed by atoms with E-state index < -0.39 is 0 Å². The summed E-state index contributed by atoms with van der Waals surface area (Å²) in [5, 5.41) is 7.31. The average molecular weight is 324 g/mol. The fourth-order valence-corrected chi connectivity index (χ4v) is 4.33. The molecule has 0 radical (unpaired) electrons. The fourth-order valence-electron chi connectivity index (χ4n) is 4.33. The molecule has 4 nitrogen and oxygen atoms in total. The second-order valence-electron chi connectivity index (χ2n) is 7.40. The van der Waals surface area contributed by atoms with Crippen LogP contribution in [0.25, 0.3) is 0 Å². The predicted octanol–water partition coefficient (Wildman–Crippen LogP) is 3.57. The predicted molar refractivity (Wildman–Crippen MR) is 98.5 cm³/mol. The van der Waals surface area contributed by atoms with Crippen LogP contribution in [0.5, 0.6) is 0 Å². The Labute approximate surface area is 144 Å². The van der Waals surface area contributed by atoms with Crippen molar-refractivity contribution < 1.29 is 0 Å². The highest BCUT2D eigenvalue weighted by atomic mass is 15.2. The fraction of sp³-hybridized carbons (Fsp3) is 0.550. The monoisotopic (exact) mass is 324 g/mol. The molecule has 1 aromatic carbocycles. The molecule has 1 atom stereocenters. The summed E-state index contributed by atoms with van der Waals surface area (Å²) in [6.07, 6.45) is 7.05. The molecule has 4 heteroatoms. The lowest BCUT2D eigenvalue weighted by atomic mass is 9.91. The van der Waals surface area contributed by atoms with Gasteiger partial charge in [0, 0.05) is 49.2 Å². The zero-order valence-corrected chi connectivity index (χ0v) is 14.6. The molecule has 2 fully saturated rings. The van der Waals surface area contributed by atoms with Crippen molar-refractivity contribution in [2.45, 2.75) is 44.6 Å². The van der Waals surface area contributed by atoms with Crippen LogP contribution in [0, 0.1) is 6.92 Å². The first-order valence-corrected chi connectivity index (χ1v) is 9.34. The Kier molecular flexibility index (Phi) is 4.56. The smallest absolute Gasteiger partial charge is 0.0490 e. The Morgan fingerprint density at radius 2 is 1.79 bits per heavy atom. The second-order valence-corrected chi connectivity index (χ2v) is 7.40. The maximum absolute atomic E-state index is 4.13. The molecule has 128 valence electrons. The van der Waals surface area contributed by atoms with E-state index in [1.807, 2.05) is 6.20 Å². The third kappa shape index (κ3) is 3.34. The number of aromatic nitrogens is 2. The molecule has 3 heterocycles. The van der Waals surface area contributed by atoms with Crippen LogP contribution >= 0.6 is 0 Å². The number of benzene rings is 1. The van der Waals surface area contributed by atoms with E-state index in [1.165, 1.54) is 68.8 Å². The van der Waals surface area contributed by atoms with Crippen LogP contribution in [0.4, 0.5) is 5.69 Å². The molecular formula is C20H28N4. The summed E-state index contributed by atoms with van der Waals surface area (Å²) in [5.41, 5.74) is 4.04. The van der Waals surface area contributed by atoms with Crippen molar-refractivity contribution in [3.63, 3.8) is 0 Å². The molecule has 1 N–H and O–H groups in total. The first kappa shape index (κ1) is 15.7. The average Bonchev–Trinajstić information content (AvgIpc) is 3.17. The third-order valence-electron chi connectivity index (χ3n) is 5.79. The van der Waals surface area contributed by atoms with Crippen LogP contribution in [0.15, 0.2) is 36.5 Å². The van der Waals surface area contributed by atoms with Crippen molar-refractivity contribution in [2.75, 3.05) is 31.1 Å². The summed E-state index contributed by atoms with van der Waals surface area (Å²) in [7, 11) is 0. The van der Waals surface area contributed by atoms with Crippen molar-refractivity contribution in [3.8, 4) is 0 Å². The second kappa shape index (κ2) is 6.98. The number of aromatic amines is 1. The van der Waals surface area contributed by atoms with Crippen LogP contribution < -0.4 is 4.90 Å². The first-order valence-electron chi connectivity index (χ1n) is 9.34. The maximum Gasteiger partial charge on any atom is 0.0490 e. The Hall–Kier alpha value is -1.81. The normalized spacial score (nSPS) is 23.5. The number of piperidine rings is 2. The van der Waals surface area contributed by atoms with Crippen LogP contribution in [0.2, 0.25) is 0 Å². The minimum Gasteiger partial charge on any atom is -0.371 e. The molecular weight excluding hydrogens is 296 g/mol. The first-order chi connectivity index (χ1) is 11.8. The number of anilines is 1. The number of nitrogens with one attached hydrogen (secondary N) is 1. The SMILES string of the molecule is Cc1ccc(N2CCC(N3CCCC(c4ccn[nH]4)C3)CC2)cc1. The Morgan fingerprint density at radius 3 is 2.50 bits per heavy atom. The minimum absolute atomic E-state index is 0.636. The van der Waals surface area contributed by atoms with Gasteiger partial charge in [0.1, 0.15) is 0 Å². The van der Waals surface area contributed by atoms with Gasteiger partial charge in [0.15, 0.2) is 0 Å². The molecule has 24 heavy (non-hydrogen) atoms. The Balaban J connectivity index is 1.34. The van der Waals surface area contributed by atoms with Gasteiger partial charge >= 0.3 is 0 Å². The van der Waals surface area contributed by atoms with Gasteiger partial charge in [0.25, 0.3) is 0 Å². The van der Waals surface area contributed by atoms with Gasteiger partial charge in [-0.1, -0.05) is 17.7 Å². The maximum atomic E-state index is 4.13. The van der Waals surface area contributed by atoms with E-state index >= 15 is 0 Å². The molecule has 0 aliphatic carbocycles. The highest BCUT2D eigenvalue weighted by molar-refractivity contribution is 5.47. The molecule has 1 unspecified atom stereocenters. The number of hydrogen-bond acceptors (Lipinski definition) is 3. The zero-order valence-electron chi connectivity index (χ0n) is 14.6. The lowest BCUT2D eigenvalue weighted by Gasteiger charge is -2.42. The van der Waals surface area contributed by atoms with Gasteiger partial charge < -0.3 is 4.90 Å². The number of hydrogen-bond donors (Lipinski definition) is 1. The molecule has 2 aliphatic heterocycles. The van der Waals surface area contributed by atoms with E-state index in [4.69, 9.17) is 0 Å². The molecule has 0 amide bonds. The Morgan fingerprint density at radius 1 is 1.00 bits per heavy atom. The van der Waals surface area contributed by atoms with Gasteiger partial charge in [-0.25, -0.2) is 0 Å². The van der Waals surface area contributed by atoms with Crippen LogP contribution in [0.3, 0.4) is 0 Å². The standard InChI is InChI=1S/C20H28N4/c1-16-4-6-18(7-5-16)23-13-9-19(10-14-23)24-12-2-3-17(15-24)20-8-11-21-22-20/h4-8,11,17,19H,2-3,9-10,12-15H2,1H3,(H,21,22). The molecule has 2 aromatic rings. The van der Waals surface area contributed by atoms with E-state index in [-0.39, 0.29) is 0 Å². The molecule has 0 saturated carbocycles. The van der Waals surface area contributed by atoms with Crippen LogP contribution in [-0.2, 0) is 0 Å². The molecule has 4 rings (SSSR count). The lowest BCUT2D eigenvalue weighted by molar-refractivity contribution is 0.127. The zero-order chi connectivity index (χ0) is 16.4. The van der Waals surface area contributed by atoms with Crippen LogP contribution in [0.1, 0.15) is 42.9 Å². The van der Waals surface area contributed by atoms with Crippen molar-refractivity contribution >= 4 is 5.69 Å². The van der Waals surface area contributed by atoms with E-state index in [0.29, 0.717) is 5.92 Å². The number of likely N-dealkylation sites (tertiary alicyclic amines) is 1. The lowest BCUT2D eigenvalue weighted by Crippen LogP contribution is -2.48. The molecule has 0 bridgehead atoms. The van der Waals surface area contributed by atoms with Crippen molar-refractivity contribution in [2.24, 2.45) is 0 Å². The van der Waals surface area contributed by atoms with Gasteiger partial charge in [0.2, 0.25) is 0 Å². The number of aryl methyl sites for hydroxylation is 1. The third-order valence-corrected chi connectivity index (χ3v) is 5.79. The van der Waals surface area contributed by atoms with Crippen LogP contribution in [-0.4, -0.2) is 47.3 Å². The summed E-state index contributed by atoms with van der Waals surface area (Å²) < 4.78 is 0. The quantitative estimate of drug-likeness (QED) is 0.937. The van der Waals surface area contributed by atoms with E-state index in [2.05, 4.69) is 57.3 Å². The van der Waals surface area contributed by atoms with Gasteiger partial charge in [-0.15, -0.1) is 0 Å². The highest BCUT2D eigenvalue weighted by Gasteiger charge is 2.29. The van der Waals surface area contributed by atoms with Gasteiger partial charge in [-0.3, -0.25) is 10.00 Å². The topological polar surface area (TPSA) is 35.2 Å². The van der Waals surface area contributed by atoms with E-state index in [0.717, 1.165) is 6.04 Å². The summed E-state index contributed by atoms with van der Waals surface area (Å²) >= 11 is 0. The number of H-pyrrole nitrogens is 1. The highest BCUT2D eigenvalue weighted by Crippen LogP contribution is 2.30. The summed E-state index contributed by atoms with van der Waals surface area (Å²) in [5.74, 6) is 0.636. The molecule has 2 saturated heterocycles. The van der Waals surface area contributed by atoms with Gasteiger partial charge in [-0.2, -0.15) is 5.10 Å². The molecule has 1 aromatic heterocycles. The minimum atomic E-state index is 0.636. The largest absolute Gasteiger partial charge is 0.371 e. The number of rotatable bonds is 3. The van der Waals surface area contributed by atoms with Crippen molar-refractivity contribution in [3.05, 3.63) is 47.8 Å². The molecule has 2 aliphatic rings. The summed E-state index contributed by atoms with van der Waals surface area (Å²) in [6.45, 7) is 6.97. The Bertz CT molecular complexity index is 626. The van der Waals surface area contributed by atoms with Gasteiger partial charge in [-0.05, 0) is 57.4 Å². The molecule has 0 spiro atoms. The number of nitrogens with zero attached hydrogens (tertiary/aromatic N) is 3. The van der Waals surface area contributed by atoms with E-state index in [1.54, 1.807) is 0 Å². The summed E-state index contributed by atoms with van der Waals surface area (Å²) in [4.78, 5) is 5.29.